The number of hydrogen-bond acceptors (Lipinski definition) is 11. The van der Waals surface area contributed by atoms with Crippen LogP contribution in [0.1, 0.15) is 12.6 Å². The lowest BCUT2D eigenvalue weighted by atomic mass is 10.2. The molecule has 1 unspecified atom stereocenters. The molecular formula is C22H26F3N7O5S2. The van der Waals surface area contributed by atoms with Crippen molar-refractivity contribution in [2.45, 2.75) is 30.5 Å². The molecule has 0 saturated carbocycles. The molecular weight excluding hydrogens is 563 g/mol. The Morgan fingerprint density at radius 1 is 1.21 bits per heavy atom. The highest BCUT2D eigenvalue weighted by Gasteiger charge is 2.33. The molecule has 3 aromatic rings. The second kappa shape index (κ2) is 11.4. The van der Waals surface area contributed by atoms with E-state index in [2.05, 4.69) is 40.0 Å². The Balaban J connectivity index is 1.37. The molecule has 0 spiro atoms. The van der Waals surface area contributed by atoms with Crippen molar-refractivity contribution in [2.75, 3.05) is 50.5 Å². The van der Waals surface area contributed by atoms with E-state index in [1.807, 2.05) is 6.92 Å². The molecule has 1 aliphatic rings. The molecule has 1 aromatic carbocycles. The van der Waals surface area contributed by atoms with Crippen molar-refractivity contribution in [2.24, 2.45) is 0 Å². The second-order valence-corrected chi connectivity index (χ2v) is 11.8. The van der Waals surface area contributed by atoms with Crippen molar-refractivity contribution in [1.82, 2.24) is 24.2 Å². The first-order valence-electron chi connectivity index (χ1n) is 11.7. The third-order valence-corrected chi connectivity index (χ3v) is 9.38. The lowest BCUT2D eigenvalue weighted by Gasteiger charge is -2.35. The highest BCUT2D eigenvalue weighted by Crippen LogP contribution is 2.32. The number of amides is 1. The maximum absolute atomic E-state index is 13.2. The maximum Gasteiger partial charge on any atom is 0.573 e. The van der Waals surface area contributed by atoms with Gasteiger partial charge in [0.25, 0.3) is 10.0 Å². The zero-order valence-corrected chi connectivity index (χ0v) is 22.8. The van der Waals surface area contributed by atoms with Gasteiger partial charge in [-0.2, -0.15) is 4.31 Å². The number of anilines is 2. The van der Waals surface area contributed by atoms with Crippen LogP contribution in [0.3, 0.4) is 0 Å². The number of alkyl halides is 3. The van der Waals surface area contributed by atoms with Crippen LogP contribution < -0.4 is 15.4 Å². The number of sulfonamides is 1. The van der Waals surface area contributed by atoms with Crippen LogP contribution in [0.25, 0.3) is 10.9 Å². The number of para-hydroxylation sites is 1. The minimum Gasteiger partial charge on any atom is -0.453 e. The molecule has 1 atom stereocenters. The predicted octanol–water partition coefficient (Wildman–Crippen LogP) is 3.28. The molecule has 0 radical (unpaired) electrons. The number of benzene rings is 1. The van der Waals surface area contributed by atoms with E-state index in [1.165, 1.54) is 23.5 Å². The average Bonchev–Trinajstić information content (AvgIpc) is 3.24. The number of aromatic nitrogens is 3. The lowest BCUT2D eigenvalue weighted by molar-refractivity contribution is -0.274. The summed E-state index contributed by atoms with van der Waals surface area (Å²) in [4.78, 5) is 25.8. The number of fused-ring (bicyclic) bond motifs is 1. The molecule has 4 rings (SSSR count). The first-order valence-corrected chi connectivity index (χ1v) is 13.9. The maximum atomic E-state index is 13.2. The van der Waals surface area contributed by atoms with E-state index >= 15 is 0 Å². The van der Waals surface area contributed by atoms with Gasteiger partial charge in [-0.1, -0.05) is 17.4 Å². The van der Waals surface area contributed by atoms with Gasteiger partial charge in [-0.05, 0) is 26.0 Å². The van der Waals surface area contributed by atoms with Gasteiger partial charge in [0.1, 0.15) is 17.7 Å². The van der Waals surface area contributed by atoms with E-state index in [9.17, 15) is 26.4 Å². The number of nitrogens with one attached hydrogen (secondary N) is 2. The number of nitrogens with zero attached hydrogens (tertiary/aromatic N) is 5. The van der Waals surface area contributed by atoms with Crippen LogP contribution in [0.2, 0.25) is 0 Å². The fraction of sp³-hybridized carbons (Fsp3) is 0.455. The van der Waals surface area contributed by atoms with Crippen molar-refractivity contribution >= 4 is 49.3 Å². The number of aryl methyl sites for hydroxylation is 1. The van der Waals surface area contributed by atoms with Crippen LogP contribution in [0, 0.1) is 6.92 Å². The number of ether oxygens (including phenoxy) is 2. The van der Waals surface area contributed by atoms with Crippen molar-refractivity contribution in [3.8, 4) is 5.75 Å². The monoisotopic (exact) mass is 589 g/mol. The smallest absolute Gasteiger partial charge is 0.453 e. The van der Waals surface area contributed by atoms with Crippen molar-refractivity contribution in [3.63, 3.8) is 0 Å². The third-order valence-electron chi connectivity index (χ3n) is 5.82. The van der Waals surface area contributed by atoms with Gasteiger partial charge in [0.2, 0.25) is 0 Å². The Morgan fingerprint density at radius 2 is 1.92 bits per heavy atom. The number of methoxy groups -OCH3 is 1. The summed E-state index contributed by atoms with van der Waals surface area (Å²) in [5, 5.41) is 6.10. The van der Waals surface area contributed by atoms with E-state index < -0.39 is 28.2 Å². The summed E-state index contributed by atoms with van der Waals surface area (Å²) in [5.41, 5.74) is 0.314. The summed E-state index contributed by atoms with van der Waals surface area (Å²) in [6.07, 6.45) is -4.43. The van der Waals surface area contributed by atoms with Crippen molar-refractivity contribution < 1.29 is 35.9 Å². The number of thiazole rings is 1. The molecule has 1 saturated heterocycles. The Morgan fingerprint density at radius 3 is 2.59 bits per heavy atom. The largest absolute Gasteiger partial charge is 0.573 e. The first-order chi connectivity index (χ1) is 18.4. The zero-order chi connectivity index (χ0) is 28.4. The van der Waals surface area contributed by atoms with E-state index in [-0.39, 0.29) is 39.7 Å². The van der Waals surface area contributed by atoms with Gasteiger partial charge in [0, 0.05) is 44.2 Å². The molecule has 3 heterocycles. The Labute approximate surface area is 226 Å². The molecule has 2 aromatic heterocycles. The normalized spacial score (nSPS) is 16.2. The molecule has 17 heteroatoms. The van der Waals surface area contributed by atoms with Gasteiger partial charge in [0.15, 0.2) is 15.1 Å². The summed E-state index contributed by atoms with van der Waals surface area (Å²) in [7, 11) is -2.61. The molecule has 39 heavy (non-hydrogen) atoms. The summed E-state index contributed by atoms with van der Waals surface area (Å²) < 4.78 is 74.8. The molecule has 1 aliphatic heterocycles. The van der Waals surface area contributed by atoms with Crippen LogP contribution in [0.15, 0.2) is 28.7 Å². The van der Waals surface area contributed by atoms with Gasteiger partial charge in [0.05, 0.1) is 12.8 Å². The standard InChI is InChI=1S/C22H26F3N7O5S2/c1-13(28-18-15-5-4-6-16(37-22(23,24)25)17(15)26-12-27-18)11-31-7-9-32(10-8-31)39(34,35)19-14(2)29-20(38-19)30-21(33)36-3/h4-6,12-13H,7-11H2,1-3H3,(H,26,27,28)(H,29,30,33). The zero-order valence-electron chi connectivity index (χ0n) is 21.1. The highest BCUT2D eigenvalue weighted by atomic mass is 32.2. The first kappa shape index (κ1) is 28.7. The van der Waals surface area contributed by atoms with E-state index in [4.69, 9.17) is 0 Å². The van der Waals surface area contributed by atoms with E-state index in [1.54, 1.807) is 13.0 Å². The third kappa shape index (κ3) is 6.84. The van der Waals surface area contributed by atoms with E-state index in [0.717, 1.165) is 17.7 Å². The molecule has 0 aliphatic carbocycles. The number of halogens is 3. The number of carbonyl (C=O) groups excluding carboxylic acids is 1. The molecule has 1 amide bonds. The topological polar surface area (TPSA) is 139 Å². The number of carbonyl (C=O) groups is 1. The van der Waals surface area contributed by atoms with Crippen LogP contribution in [-0.2, 0) is 14.8 Å². The molecule has 2 N–H and O–H groups in total. The minimum atomic E-state index is -4.85. The van der Waals surface area contributed by atoms with Crippen LogP contribution in [-0.4, -0.2) is 90.9 Å². The highest BCUT2D eigenvalue weighted by molar-refractivity contribution is 7.91. The molecule has 12 nitrogen and oxygen atoms in total. The van der Waals surface area contributed by atoms with Gasteiger partial charge < -0.3 is 14.8 Å². The predicted molar refractivity (Wildman–Crippen MR) is 137 cm³/mol. The van der Waals surface area contributed by atoms with Crippen molar-refractivity contribution in [3.05, 3.63) is 30.2 Å². The molecule has 212 valence electrons. The fourth-order valence-corrected chi connectivity index (χ4v) is 7.09. The summed E-state index contributed by atoms with van der Waals surface area (Å²) >= 11 is 0.862. The molecule has 1 fully saturated rings. The summed E-state index contributed by atoms with van der Waals surface area (Å²) in [6.45, 7) is 5.41. The van der Waals surface area contributed by atoms with Gasteiger partial charge in [-0.15, -0.1) is 13.2 Å². The van der Waals surface area contributed by atoms with E-state index in [0.29, 0.717) is 30.8 Å². The second-order valence-electron chi connectivity index (χ2n) is 8.68. The lowest BCUT2D eigenvalue weighted by Crippen LogP contribution is -2.50. The number of hydrogen-bond donors (Lipinski definition) is 2. The van der Waals surface area contributed by atoms with Crippen LogP contribution in [0.5, 0.6) is 5.75 Å². The number of rotatable bonds is 8. The molecule has 0 bridgehead atoms. The SMILES string of the molecule is COC(=O)Nc1nc(C)c(S(=O)(=O)N2CCN(CC(C)Nc3ncnc4c(OC(F)(F)F)cccc34)CC2)s1. The summed E-state index contributed by atoms with van der Waals surface area (Å²) in [5.74, 6) is -0.0572. The average molecular weight is 590 g/mol. The summed E-state index contributed by atoms with van der Waals surface area (Å²) in [6, 6.07) is 4.05. The minimum absolute atomic E-state index is 0.0293. The van der Waals surface area contributed by atoms with Crippen molar-refractivity contribution in [1.29, 1.82) is 0 Å². The Bertz CT molecular complexity index is 1440. The number of piperazine rings is 1. The van der Waals surface area contributed by atoms with Crippen LogP contribution in [0.4, 0.5) is 28.9 Å². The van der Waals surface area contributed by atoms with Gasteiger partial charge in [-0.25, -0.2) is 28.2 Å². The fourth-order valence-electron chi connectivity index (χ4n) is 4.13. The quantitative estimate of drug-likeness (QED) is 0.403. The Hall–Kier alpha value is -3.28. The van der Waals surface area contributed by atoms with Gasteiger partial charge in [-0.3, -0.25) is 10.2 Å². The Kier molecular flexibility index (Phi) is 8.43. The van der Waals surface area contributed by atoms with Crippen LogP contribution >= 0.6 is 11.3 Å². The van der Waals surface area contributed by atoms with Gasteiger partial charge >= 0.3 is 12.5 Å².